The Morgan fingerprint density at radius 2 is 1.83 bits per heavy atom. The van der Waals surface area contributed by atoms with E-state index in [1.54, 1.807) is 6.92 Å². The van der Waals surface area contributed by atoms with Gasteiger partial charge in [-0.1, -0.05) is 0 Å². The Kier molecular flexibility index (Phi) is 5.80. The molecule has 0 aliphatic carbocycles. The predicted molar refractivity (Wildman–Crippen MR) is 91.4 cm³/mol. The normalized spacial score (nSPS) is 10.3. The maximum Gasteiger partial charge on any atom is 0.357 e. The maximum atomic E-state index is 12.0. The van der Waals surface area contributed by atoms with Crippen molar-refractivity contribution in [1.82, 2.24) is 15.0 Å². The average molecular weight is 349 g/mol. The van der Waals surface area contributed by atoms with E-state index in [9.17, 15) is 9.59 Å². The van der Waals surface area contributed by atoms with Crippen molar-refractivity contribution < 1.29 is 14.3 Å². The van der Waals surface area contributed by atoms with Crippen molar-refractivity contribution in [2.45, 2.75) is 27.2 Å². The molecule has 2 heterocycles. The van der Waals surface area contributed by atoms with E-state index in [1.807, 2.05) is 19.9 Å². The second-order valence-electron chi connectivity index (χ2n) is 5.11. The van der Waals surface area contributed by atoms with E-state index in [0.29, 0.717) is 22.5 Å². The van der Waals surface area contributed by atoms with Gasteiger partial charge < -0.3 is 15.4 Å². The summed E-state index contributed by atoms with van der Waals surface area (Å²) in [4.78, 5) is 36.7. The summed E-state index contributed by atoms with van der Waals surface area (Å²) in [6, 6.07) is 1.88. The van der Waals surface area contributed by atoms with Gasteiger partial charge in [-0.15, -0.1) is 11.3 Å². The standard InChI is InChI=1S/C15H19N5O3S/c1-8-7-9(2)18-14(17-8)16-6-5-11(21)19-15-20-12(10(3)24-15)13(22)23-4/h7H,5-6H2,1-4H3,(H,16,17,18)(H,19,20,21). The summed E-state index contributed by atoms with van der Waals surface area (Å²) in [5.41, 5.74) is 1.95. The fraction of sp³-hybridized carbons (Fsp3) is 0.400. The summed E-state index contributed by atoms with van der Waals surface area (Å²) < 4.78 is 4.64. The first-order valence-corrected chi connectivity index (χ1v) is 8.12. The van der Waals surface area contributed by atoms with Crippen LogP contribution in [0, 0.1) is 20.8 Å². The Morgan fingerprint density at radius 3 is 2.46 bits per heavy atom. The van der Waals surface area contributed by atoms with Crippen LogP contribution in [0.5, 0.6) is 0 Å². The molecule has 0 saturated carbocycles. The Bertz CT molecular complexity index is 739. The minimum absolute atomic E-state index is 0.211. The molecule has 8 nitrogen and oxygen atoms in total. The first-order chi connectivity index (χ1) is 11.4. The van der Waals surface area contributed by atoms with E-state index in [2.05, 4.69) is 30.3 Å². The number of methoxy groups -OCH3 is 1. The van der Waals surface area contributed by atoms with Crippen molar-refractivity contribution in [2.75, 3.05) is 24.3 Å². The summed E-state index contributed by atoms with van der Waals surface area (Å²) in [6.45, 7) is 5.91. The zero-order valence-corrected chi connectivity index (χ0v) is 14.8. The van der Waals surface area contributed by atoms with Crippen LogP contribution in [0.4, 0.5) is 11.1 Å². The highest BCUT2D eigenvalue weighted by Crippen LogP contribution is 2.22. The molecule has 0 aliphatic rings. The van der Waals surface area contributed by atoms with Crippen molar-refractivity contribution in [2.24, 2.45) is 0 Å². The van der Waals surface area contributed by atoms with Gasteiger partial charge in [0.1, 0.15) is 0 Å². The minimum atomic E-state index is -0.516. The molecule has 0 aliphatic heterocycles. The van der Waals surface area contributed by atoms with Crippen molar-refractivity contribution in [3.8, 4) is 0 Å². The predicted octanol–water partition coefficient (Wildman–Crippen LogP) is 2.09. The first-order valence-electron chi connectivity index (χ1n) is 7.30. The second-order valence-corrected chi connectivity index (χ2v) is 6.32. The lowest BCUT2D eigenvalue weighted by atomic mass is 10.3. The number of aryl methyl sites for hydroxylation is 3. The fourth-order valence-corrected chi connectivity index (χ4v) is 2.83. The molecule has 1 amide bonds. The molecule has 0 fully saturated rings. The molecule has 0 atom stereocenters. The van der Waals surface area contributed by atoms with Crippen LogP contribution in [-0.2, 0) is 9.53 Å². The highest BCUT2D eigenvalue weighted by Gasteiger charge is 2.16. The van der Waals surface area contributed by atoms with Crippen molar-refractivity contribution in [3.63, 3.8) is 0 Å². The summed E-state index contributed by atoms with van der Waals surface area (Å²) in [6.07, 6.45) is 0.225. The molecule has 9 heteroatoms. The van der Waals surface area contributed by atoms with E-state index in [-0.39, 0.29) is 18.0 Å². The average Bonchev–Trinajstić information content (AvgIpc) is 2.86. The molecular formula is C15H19N5O3S. The molecule has 128 valence electrons. The van der Waals surface area contributed by atoms with E-state index >= 15 is 0 Å². The number of rotatable bonds is 6. The third-order valence-corrected chi connectivity index (χ3v) is 3.93. The van der Waals surface area contributed by atoms with E-state index in [0.717, 1.165) is 11.4 Å². The molecule has 2 rings (SSSR count). The topological polar surface area (TPSA) is 106 Å². The van der Waals surface area contributed by atoms with Gasteiger partial charge in [0.25, 0.3) is 0 Å². The van der Waals surface area contributed by atoms with Crippen molar-refractivity contribution in [1.29, 1.82) is 0 Å². The SMILES string of the molecule is COC(=O)c1nc(NC(=O)CCNc2nc(C)cc(C)n2)sc1C. The van der Waals surface area contributed by atoms with Crippen LogP contribution < -0.4 is 10.6 Å². The summed E-state index contributed by atoms with van der Waals surface area (Å²) in [5, 5.41) is 6.06. The molecular weight excluding hydrogens is 330 g/mol. The monoisotopic (exact) mass is 349 g/mol. The molecule has 2 N–H and O–H groups in total. The minimum Gasteiger partial charge on any atom is -0.464 e. The van der Waals surface area contributed by atoms with Gasteiger partial charge in [-0.3, -0.25) is 4.79 Å². The largest absolute Gasteiger partial charge is 0.464 e. The molecule has 0 unspecified atom stereocenters. The molecule has 0 radical (unpaired) electrons. The lowest BCUT2D eigenvalue weighted by molar-refractivity contribution is -0.115. The lowest BCUT2D eigenvalue weighted by Crippen LogP contribution is -2.17. The zero-order chi connectivity index (χ0) is 17.7. The second kappa shape index (κ2) is 7.82. The van der Waals surface area contributed by atoms with Crippen LogP contribution in [0.1, 0.15) is 33.2 Å². The number of hydrogen-bond donors (Lipinski definition) is 2. The van der Waals surface area contributed by atoms with Crippen LogP contribution in [0.25, 0.3) is 0 Å². The number of carbonyl (C=O) groups is 2. The van der Waals surface area contributed by atoms with Crippen LogP contribution in [0.15, 0.2) is 6.07 Å². The van der Waals surface area contributed by atoms with Gasteiger partial charge in [0.05, 0.1) is 7.11 Å². The Hall–Kier alpha value is -2.55. The lowest BCUT2D eigenvalue weighted by Gasteiger charge is -2.06. The summed E-state index contributed by atoms with van der Waals surface area (Å²) in [7, 11) is 1.29. The fourth-order valence-electron chi connectivity index (χ4n) is 2.01. The number of nitrogens with one attached hydrogen (secondary N) is 2. The van der Waals surface area contributed by atoms with Gasteiger partial charge in [-0.25, -0.2) is 19.7 Å². The number of nitrogens with zero attached hydrogens (tertiary/aromatic N) is 3. The number of carbonyl (C=O) groups excluding carboxylic acids is 2. The Labute approximate surface area is 143 Å². The number of anilines is 2. The molecule has 0 aromatic carbocycles. The van der Waals surface area contributed by atoms with Crippen LogP contribution in [0.3, 0.4) is 0 Å². The highest BCUT2D eigenvalue weighted by molar-refractivity contribution is 7.16. The zero-order valence-electron chi connectivity index (χ0n) is 14.0. The van der Waals surface area contributed by atoms with Crippen LogP contribution in [0.2, 0.25) is 0 Å². The quantitative estimate of drug-likeness (QED) is 0.769. The Morgan fingerprint density at radius 1 is 1.17 bits per heavy atom. The smallest absolute Gasteiger partial charge is 0.357 e. The highest BCUT2D eigenvalue weighted by atomic mass is 32.1. The first kappa shape index (κ1) is 17.8. The van der Waals surface area contributed by atoms with E-state index < -0.39 is 5.97 Å². The van der Waals surface area contributed by atoms with Crippen molar-refractivity contribution >= 4 is 34.3 Å². The van der Waals surface area contributed by atoms with Crippen LogP contribution in [-0.4, -0.2) is 40.5 Å². The van der Waals surface area contributed by atoms with Gasteiger partial charge in [0, 0.05) is 29.2 Å². The molecule has 0 saturated heterocycles. The maximum absolute atomic E-state index is 12.0. The number of thiazole rings is 1. The van der Waals surface area contributed by atoms with Gasteiger partial charge in [0.15, 0.2) is 10.8 Å². The van der Waals surface area contributed by atoms with Gasteiger partial charge in [0.2, 0.25) is 11.9 Å². The van der Waals surface area contributed by atoms with E-state index in [4.69, 9.17) is 0 Å². The molecule has 24 heavy (non-hydrogen) atoms. The van der Waals surface area contributed by atoms with Crippen LogP contribution >= 0.6 is 11.3 Å². The van der Waals surface area contributed by atoms with Gasteiger partial charge >= 0.3 is 5.97 Å². The molecule has 2 aromatic heterocycles. The number of aromatic nitrogens is 3. The third kappa shape index (κ3) is 4.72. The number of esters is 1. The molecule has 2 aromatic rings. The summed E-state index contributed by atoms with van der Waals surface area (Å²) >= 11 is 1.23. The molecule has 0 spiro atoms. The number of hydrogen-bond acceptors (Lipinski definition) is 8. The third-order valence-electron chi connectivity index (χ3n) is 3.04. The number of ether oxygens (including phenoxy) is 1. The number of amides is 1. The summed E-state index contributed by atoms with van der Waals surface area (Å²) in [5.74, 6) is -0.228. The van der Waals surface area contributed by atoms with Crippen molar-refractivity contribution in [3.05, 3.63) is 28.0 Å². The van der Waals surface area contributed by atoms with E-state index in [1.165, 1.54) is 18.4 Å². The van der Waals surface area contributed by atoms with Gasteiger partial charge in [-0.2, -0.15) is 0 Å². The Balaban J connectivity index is 1.86. The van der Waals surface area contributed by atoms with Gasteiger partial charge in [-0.05, 0) is 26.8 Å². The molecule has 0 bridgehead atoms.